The zero-order valence-electron chi connectivity index (χ0n) is 25.0. The molecule has 0 amide bonds. The Balaban J connectivity index is 1.52. The predicted octanol–water partition coefficient (Wildman–Crippen LogP) is 6.22. The van der Waals surface area contributed by atoms with Crippen molar-refractivity contribution in [3.63, 3.8) is 0 Å². The number of aromatic hydroxyl groups is 2. The molecule has 0 aliphatic carbocycles. The number of phenols is 2. The second-order valence-corrected chi connectivity index (χ2v) is 9.52. The number of nitrogens with zero attached hydrogens (tertiary/aromatic N) is 6. The van der Waals surface area contributed by atoms with Gasteiger partial charge in [-0.15, -0.1) is 0 Å². The molecule has 0 aliphatic rings. The lowest BCUT2D eigenvalue weighted by Gasteiger charge is -2.21. The second-order valence-electron chi connectivity index (χ2n) is 9.52. The Kier molecular flexibility index (Phi) is 10.7. The molecule has 5 N–H and O–H groups in total. The van der Waals surface area contributed by atoms with Gasteiger partial charge >= 0.3 is 0 Å². The standard InChI is InChI=1S/C32H39N9O2/c1-5-40(6-2)26-16-14-23(28(42)18-26)21-33-38-30-20-31(37-32(36-30)35-25-12-10-9-11-13-25)39-34-22-24-15-17-27(19-29(24)43)41(7-3)8-4/h9-22,42-43H,5-8H2,1-4H3,(H3,35,36,37,38,39). The fourth-order valence-corrected chi connectivity index (χ4v) is 4.46. The number of hydrazone groups is 2. The lowest BCUT2D eigenvalue weighted by molar-refractivity contribution is 0.474. The maximum Gasteiger partial charge on any atom is 0.231 e. The molecule has 0 spiro atoms. The van der Waals surface area contributed by atoms with E-state index < -0.39 is 0 Å². The molecule has 11 heteroatoms. The van der Waals surface area contributed by atoms with E-state index in [0.717, 1.165) is 43.2 Å². The molecule has 4 aromatic rings. The number of nitrogens with one attached hydrogen (secondary N) is 3. The summed E-state index contributed by atoms with van der Waals surface area (Å²) in [4.78, 5) is 13.3. The summed E-state index contributed by atoms with van der Waals surface area (Å²) >= 11 is 0. The first-order chi connectivity index (χ1) is 20.9. The molecular formula is C32H39N9O2. The Hall–Kier alpha value is -5.32. The van der Waals surface area contributed by atoms with E-state index in [2.05, 4.69) is 73.8 Å². The van der Waals surface area contributed by atoms with Crippen molar-refractivity contribution in [1.29, 1.82) is 0 Å². The van der Waals surface area contributed by atoms with Gasteiger partial charge in [0.25, 0.3) is 0 Å². The Morgan fingerprint density at radius 3 is 1.53 bits per heavy atom. The average Bonchev–Trinajstić information content (AvgIpc) is 3.01. The van der Waals surface area contributed by atoms with Gasteiger partial charge in [-0.2, -0.15) is 20.2 Å². The summed E-state index contributed by atoms with van der Waals surface area (Å²) in [6.07, 6.45) is 3.06. The quantitative estimate of drug-likeness (QED) is 0.0870. The highest BCUT2D eigenvalue weighted by Crippen LogP contribution is 2.25. The molecule has 224 valence electrons. The SMILES string of the molecule is CCN(CC)c1ccc(C=NNc2cc(NN=Cc3ccc(N(CC)CC)cc3O)nc(Nc3ccccc3)n2)c(O)c1. The highest BCUT2D eigenvalue weighted by Gasteiger charge is 2.08. The molecule has 0 saturated heterocycles. The number of aromatic nitrogens is 2. The van der Waals surface area contributed by atoms with Gasteiger partial charge in [-0.05, 0) is 64.1 Å². The normalized spacial score (nSPS) is 11.2. The summed E-state index contributed by atoms with van der Waals surface area (Å²) in [6, 6.07) is 22.2. The van der Waals surface area contributed by atoms with E-state index in [1.807, 2.05) is 54.6 Å². The lowest BCUT2D eigenvalue weighted by atomic mass is 10.2. The van der Waals surface area contributed by atoms with E-state index in [9.17, 15) is 10.2 Å². The first-order valence-electron chi connectivity index (χ1n) is 14.4. The van der Waals surface area contributed by atoms with Gasteiger partial charge in [0.1, 0.15) is 11.5 Å². The molecule has 3 aromatic carbocycles. The first kappa shape index (κ1) is 30.6. The van der Waals surface area contributed by atoms with E-state index in [-0.39, 0.29) is 11.5 Å². The van der Waals surface area contributed by atoms with Crippen molar-refractivity contribution in [3.8, 4) is 11.5 Å². The number of phenolic OH excluding ortho intramolecular Hbond substituents is 2. The third kappa shape index (κ3) is 8.35. The number of hydrogen-bond acceptors (Lipinski definition) is 11. The lowest BCUT2D eigenvalue weighted by Crippen LogP contribution is -2.21. The molecule has 0 unspecified atom stereocenters. The minimum atomic E-state index is 0.133. The summed E-state index contributed by atoms with van der Waals surface area (Å²) in [5.74, 6) is 1.38. The van der Waals surface area contributed by atoms with Crippen molar-refractivity contribution >= 4 is 47.1 Å². The van der Waals surface area contributed by atoms with Gasteiger partial charge in [0.2, 0.25) is 5.95 Å². The van der Waals surface area contributed by atoms with Gasteiger partial charge in [-0.25, -0.2) is 0 Å². The van der Waals surface area contributed by atoms with Crippen LogP contribution in [0.15, 0.2) is 83.0 Å². The maximum atomic E-state index is 10.5. The molecule has 1 heterocycles. The zero-order chi connectivity index (χ0) is 30.6. The molecule has 0 atom stereocenters. The fourth-order valence-electron chi connectivity index (χ4n) is 4.46. The Morgan fingerprint density at radius 1 is 0.651 bits per heavy atom. The van der Waals surface area contributed by atoms with Gasteiger partial charge in [0, 0.05) is 72.6 Å². The van der Waals surface area contributed by atoms with Crippen molar-refractivity contribution in [2.45, 2.75) is 27.7 Å². The monoisotopic (exact) mass is 581 g/mol. The Bertz CT molecular complexity index is 1440. The number of hydrogen-bond donors (Lipinski definition) is 5. The Labute approximate surface area is 252 Å². The van der Waals surface area contributed by atoms with Crippen LogP contribution in [0.1, 0.15) is 38.8 Å². The van der Waals surface area contributed by atoms with Crippen LogP contribution in [0.25, 0.3) is 0 Å². The molecule has 11 nitrogen and oxygen atoms in total. The van der Waals surface area contributed by atoms with Crippen LogP contribution in [0.2, 0.25) is 0 Å². The summed E-state index contributed by atoms with van der Waals surface area (Å²) < 4.78 is 0. The third-order valence-corrected chi connectivity index (χ3v) is 6.81. The molecule has 1 aromatic heterocycles. The predicted molar refractivity (Wildman–Crippen MR) is 178 cm³/mol. The van der Waals surface area contributed by atoms with Crippen LogP contribution in [-0.4, -0.2) is 58.8 Å². The van der Waals surface area contributed by atoms with E-state index in [4.69, 9.17) is 0 Å². The topological polar surface area (TPSA) is 134 Å². The summed E-state index contributed by atoms with van der Waals surface area (Å²) in [6.45, 7) is 11.7. The molecule has 0 aliphatic heterocycles. The molecule has 0 radical (unpaired) electrons. The van der Waals surface area contributed by atoms with Gasteiger partial charge in [0.15, 0.2) is 11.6 Å². The zero-order valence-corrected chi connectivity index (χ0v) is 25.0. The summed E-state index contributed by atoms with van der Waals surface area (Å²) in [5, 5.41) is 32.8. The summed E-state index contributed by atoms with van der Waals surface area (Å²) in [7, 11) is 0. The van der Waals surface area contributed by atoms with E-state index in [0.29, 0.717) is 28.7 Å². The van der Waals surface area contributed by atoms with E-state index in [1.165, 1.54) is 12.4 Å². The number of anilines is 6. The number of rotatable bonds is 14. The molecule has 0 saturated carbocycles. The van der Waals surface area contributed by atoms with Crippen LogP contribution >= 0.6 is 0 Å². The average molecular weight is 582 g/mol. The van der Waals surface area contributed by atoms with Crippen molar-refractivity contribution in [2.24, 2.45) is 10.2 Å². The molecule has 0 bridgehead atoms. The molecule has 4 rings (SSSR count). The van der Waals surface area contributed by atoms with Crippen LogP contribution < -0.4 is 26.0 Å². The molecule has 0 fully saturated rings. The largest absolute Gasteiger partial charge is 0.507 e. The van der Waals surface area contributed by atoms with Crippen molar-refractivity contribution in [2.75, 3.05) is 52.1 Å². The maximum absolute atomic E-state index is 10.5. The fraction of sp³-hybridized carbons (Fsp3) is 0.250. The Morgan fingerprint density at radius 2 is 1.12 bits per heavy atom. The minimum absolute atomic E-state index is 0.133. The van der Waals surface area contributed by atoms with E-state index >= 15 is 0 Å². The number of benzene rings is 3. The smallest absolute Gasteiger partial charge is 0.231 e. The van der Waals surface area contributed by atoms with Crippen LogP contribution in [0.3, 0.4) is 0 Å². The molecule has 43 heavy (non-hydrogen) atoms. The van der Waals surface area contributed by atoms with Crippen molar-refractivity contribution in [1.82, 2.24) is 9.97 Å². The van der Waals surface area contributed by atoms with Gasteiger partial charge < -0.3 is 25.3 Å². The highest BCUT2D eigenvalue weighted by atomic mass is 16.3. The molecular weight excluding hydrogens is 542 g/mol. The van der Waals surface area contributed by atoms with Crippen molar-refractivity contribution in [3.05, 3.63) is 83.9 Å². The van der Waals surface area contributed by atoms with Crippen LogP contribution in [0, 0.1) is 0 Å². The van der Waals surface area contributed by atoms with Gasteiger partial charge in [0.05, 0.1) is 12.4 Å². The van der Waals surface area contributed by atoms with Gasteiger partial charge in [-0.1, -0.05) is 18.2 Å². The van der Waals surface area contributed by atoms with E-state index in [1.54, 1.807) is 18.2 Å². The van der Waals surface area contributed by atoms with Crippen LogP contribution in [0.4, 0.5) is 34.6 Å². The second kappa shape index (κ2) is 15.1. The van der Waals surface area contributed by atoms with Crippen LogP contribution in [0.5, 0.6) is 11.5 Å². The number of para-hydroxylation sites is 1. The van der Waals surface area contributed by atoms with Crippen LogP contribution in [-0.2, 0) is 0 Å². The van der Waals surface area contributed by atoms with Gasteiger partial charge in [-0.3, -0.25) is 10.9 Å². The minimum Gasteiger partial charge on any atom is -0.507 e. The third-order valence-electron chi connectivity index (χ3n) is 6.81. The first-order valence-corrected chi connectivity index (χ1v) is 14.4. The highest BCUT2D eigenvalue weighted by molar-refractivity contribution is 5.86. The van der Waals surface area contributed by atoms with Crippen molar-refractivity contribution < 1.29 is 10.2 Å². The summed E-state index contributed by atoms with van der Waals surface area (Å²) in [5.41, 5.74) is 9.66.